The summed E-state index contributed by atoms with van der Waals surface area (Å²) in [6.07, 6.45) is 8.79. The Bertz CT molecular complexity index is 418. The van der Waals surface area contributed by atoms with Crippen LogP contribution in [0.5, 0.6) is 0 Å². The first kappa shape index (κ1) is 29.9. The Morgan fingerprint density at radius 3 is 1.74 bits per heavy atom. The van der Waals surface area contributed by atoms with Crippen LogP contribution in [-0.2, 0) is 13.1 Å². The zero-order chi connectivity index (χ0) is 22.7. The molecule has 0 aromatic carbocycles. The Morgan fingerprint density at radius 2 is 1.23 bits per heavy atom. The van der Waals surface area contributed by atoms with Crippen molar-refractivity contribution in [2.75, 3.05) is 45.9 Å². The maximum atomic E-state index is 9.24. The number of nitrogens with one attached hydrogen (secondary N) is 5. The van der Waals surface area contributed by atoms with Gasteiger partial charge in [-0.1, -0.05) is 12.8 Å². The van der Waals surface area contributed by atoms with Crippen LogP contribution in [0, 0.1) is 0 Å². The molecular formula is C21H45Cl2MnN5O2. The van der Waals surface area contributed by atoms with Crippen molar-refractivity contribution < 1.29 is 23.3 Å². The van der Waals surface area contributed by atoms with E-state index in [4.69, 9.17) is 20.2 Å². The Morgan fingerprint density at radius 1 is 0.742 bits per heavy atom. The van der Waals surface area contributed by atoms with E-state index in [1.54, 1.807) is 0 Å². The average Bonchev–Trinajstić information content (AvgIpc) is 2.78. The van der Waals surface area contributed by atoms with Gasteiger partial charge in [-0.2, -0.15) is 0 Å². The van der Waals surface area contributed by atoms with Gasteiger partial charge < -0.3 is 36.8 Å². The van der Waals surface area contributed by atoms with E-state index in [9.17, 15) is 10.2 Å². The van der Waals surface area contributed by atoms with Crippen molar-refractivity contribution in [3.8, 4) is 0 Å². The number of rotatable bonds is 6. The standard InChI is InChI=1S/C21H45N5O2.2ClH.Mn/c1-17-14-24-19(7-5-13-28)16-26-21-9-3-2-8-20(21)25-15-18(6-4-12-27)23-11-10-22-17;;;/h17-28H,2-16H2,1H3;2*1H;/q;;;+2/p-2/t17-,18-,19-,20?,21?;;;/m0.../s1. The van der Waals surface area contributed by atoms with E-state index >= 15 is 0 Å². The third-order valence-corrected chi connectivity index (χ3v) is 6.20. The normalized spacial score (nSPS) is 31.5. The van der Waals surface area contributed by atoms with Crippen LogP contribution in [0.25, 0.3) is 0 Å². The zero-order valence-electron chi connectivity index (χ0n) is 19.0. The minimum atomic E-state index is 0.00694. The third kappa shape index (κ3) is 14.6. The van der Waals surface area contributed by atoms with Gasteiger partial charge in [0.1, 0.15) is 0 Å². The summed E-state index contributed by atoms with van der Waals surface area (Å²) in [7, 11) is 9.59. The molecule has 10 heteroatoms. The molecule has 1 saturated heterocycles. The Balaban J connectivity index is 0.00000151. The maximum absolute atomic E-state index is 9.24. The molecule has 0 aromatic heterocycles. The first-order valence-corrected chi connectivity index (χ1v) is 15.1. The van der Waals surface area contributed by atoms with Crippen molar-refractivity contribution in [2.45, 2.75) is 88.5 Å². The van der Waals surface area contributed by atoms with Gasteiger partial charge in [0.05, 0.1) is 0 Å². The molecule has 1 heterocycles. The first-order valence-electron chi connectivity index (χ1n) is 11.9. The minimum absolute atomic E-state index is 0.00694. The monoisotopic (exact) mass is 524 g/mol. The second-order valence-electron chi connectivity index (χ2n) is 8.71. The Kier molecular flexibility index (Phi) is 19.5. The van der Waals surface area contributed by atoms with Gasteiger partial charge in [0.2, 0.25) is 0 Å². The fraction of sp³-hybridized carbons (Fsp3) is 1.00. The predicted octanol–water partition coefficient (Wildman–Crippen LogP) is 1.31. The summed E-state index contributed by atoms with van der Waals surface area (Å²) in [5.74, 6) is 0. The summed E-state index contributed by atoms with van der Waals surface area (Å²) in [5.41, 5.74) is 0. The SMILES string of the molecule is C[C@H]1CN[C@@H](CCCO)CNC2CCCCC2NC[C@H](CCCO)NCCN1.[Cl][Mn][Cl]. The van der Waals surface area contributed by atoms with Gasteiger partial charge in [-0.25, -0.2) is 0 Å². The first-order chi connectivity index (χ1) is 15.1. The average molecular weight is 525 g/mol. The molecule has 1 aliphatic heterocycles. The van der Waals surface area contributed by atoms with Crippen molar-refractivity contribution in [1.29, 1.82) is 0 Å². The molecule has 1 aliphatic carbocycles. The van der Waals surface area contributed by atoms with Gasteiger partial charge >= 0.3 is 33.3 Å². The Labute approximate surface area is 204 Å². The number of fused-ring (bicyclic) bond motifs is 1. The van der Waals surface area contributed by atoms with Crippen LogP contribution in [0.1, 0.15) is 58.3 Å². The summed E-state index contributed by atoms with van der Waals surface area (Å²) in [5, 5.41) is 37.1. The molecule has 2 rings (SSSR count). The van der Waals surface area contributed by atoms with E-state index in [1.165, 1.54) is 25.7 Å². The molecular weight excluding hydrogens is 480 g/mol. The molecule has 2 aliphatic rings. The number of aliphatic hydroxyl groups is 2. The van der Waals surface area contributed by atoms with Crippen molar-refractivity contribution in [3.05, 3.63) is 0 Å². The van der Waals surface area contributed by atoms with Crippen LogP contribution < -0.4 is 26.6 Å². The number of halogens is 2. The molecule has 1 saturated carbocycles. The van der Waals surface area contributed by atoms with Crippen molar-refractivity contribution >= 4 is 20.2 Å². The fourth-order valence-electron chi connectivity index (χ4n) is 4.45. The topological polar surface area (TPSA) is 101 Å². The molecule has 0 radical (unpaired) electrons. The van der Waals surface area contributed by atoms with E-state index in [0.717, 1.165) is 58.4 Å². The predicted molar refractivity (Wildman–Crippen MR) is 127 cm³/mol. The molecule has 5 atom stereocenters. The van der Waals surface area contributed by atoms with Crippen molar-refractivity contribution in [1.82, 2.24) is 26.6 Å². The molecule has 0 amide bonds. The van der Waals surface area contributed by atoms with Gasteiger partial charge in [0.25, 0.3) is 0 Å². The second-order valence-corrected chi connectivity index (χ2v) is 10.7. The second kappa shape index (κ2) is 20.2. The summed E-state index contributed by atoms with van der Waals surface area (Å²) in [4.78, 5) is 0. The molecule has 2 fully saturated rings. The summed E-state index contributed by atoms with van der Waals surface area (Å²) in [6, 6.07) is 2.27. The van der Waals surface area contributed by atoms with Crippen molar-refractivity contribution in [2.24, 2.45) is 0 Å². The van der Waals surface area contributed by atoms with Gasteiger partial charge in [-0.3, -0.25) is 0 Å². The van der Waals surface area contributed by atoms with E-state index in [0.29, 0.717) is 30.2 Å². The molecule has 0 spiro atoms. The molecule has 31 heavy (non-hydrogen) atoms. The van der Waals surface area contributed by atoms with Crippen molar-refractivity contribution in [3.63, 3.8) is 0 Å². The molecule has 7 nitrogen and oxygen atoms in total. The number of aliphatic hydroxyl groups excluding tert-OH is 2. The molecule has 0 bridgehead atoms. The number of hydrogen-bond acceptors (Lipinski definition) is 7. The summed E-state index contributed by atoms with van der Waals surface area (Å²) < 4.78 is 0. The van der Waals surface area contributed by atoms with Gasteiger partial charge in [0.15, 0.2) is 0 Å². The van der Waals surface area contributed by atoms with Crippen LogP contribution in [0.3, 0.4) is 0 Å². The molecule has 187 valence electrons. The van der Waals surface area contributed by atoms with E-state index in [2.05, 4.69) is 33.5 Å². The molecule has 0 aromatic rings. The Hall–Kier alpha value is 0.819. The summed E-state index contributed by atoms with van der Waals surface area (Å²) >= 11 is 0.00694. The third-order valence-electron chi connectivity index (χ3n) is 6.20. The van der Waals surface area contributed by atoms with Crippen LogP contribution in [-0.4, -0.2) is 86.4 Å². The van der Waals surface area contributed by atoms with E-state index in [1.807, 2.05) is 0 Å². The molecule has 2 unspecified atom stereocenters. The van der Waals surface area contributed by atoms with Gasteiger partial charge in [0, 0.05) is 76.1 Å². The van der Waals surface area contributed by atoms with Crippen LogP contribution in [0.15, 0.2) is 0 Å². The fourth-order valence-corrected chi connectivity index (χ4v) is 4.45. The van der Waals surface area contributed by atoms with Crippen LogP contribution >= 0.6 is 20.2 Å². The molecule has 7 N–H and O–H groups in total. The van der Waals surface area contributed by atoms with Crippen LogP contribution in [0.4, 0.5) is 0 Å². The number of hydrogen-bond donors (Lipinski definition) is 7. The quantitative estimate of drug-likeness (QED) is 0.263. The van der Waals surface area contributed by atoms with Crippen LogP contribution in [0.2, 0.25) is 0 Å². The zero-order valence-corrected chi connectivity index (χ0v) is 21.7. The van der Waals surface area contributed by atoms with Gasteiger partial charge in [-0.15, -0.1) is 0 Å². The van der Waals surface area contributed by atoms with Gasteiger partial charge in [-0.05, 0) is 45.4 Å². The van der Waals surface area contributed by atoms with E-state index < -0.39 is 0 Å². The summed E-state index contributed by atoms with van der Waals surface area (Å²) in [6.45, 7) is 7.52. The van der Waals surface area contributed by atoms with E-state index in [-0.39, 0.29) is 26.3 Å².